The van der Waals surface area contributed by atoms with Gasteiger partial charge in [0.2, 0.25) is 0 Å². The summed E-state index contributed by atoms with van der Waals surface area (Å²) in [5.74, 6) is 0.324. The van der Waals surface area contributed by atoms with Crippen LogP contribution in [0.1, 0.15) is 24.2 Å². The van der Waals surface area contributed by atoms with Gasteiger partial charge < -0.3 is 9.84 Å². The molecule has 0 saturated heterocycles. The third kappa shape index (κ3) is 3.47. The van der Waals surface area contributed by atoms with Gasteiger partial charge in [0.05, 0.1) is 6.10 Å². The summed E-state index contributed by atoms with van der Waals surface area (Å²) in [6.07, 6.45) is -3.23. The van der Waals surface area contributed by atoms with Gasteiger partial charge in [-0.15, -0.1) is 0 Å². The molecule has 84 valence electrons. The van der Waals surface area contributed by atoms with E-state index in [1.165, 1.54) is 0 Å². The van der Waals surface area contributed by atoms with Gasteiger partial charge in [-0.1, -0.05) is 12.1 Å². The van der Waals surface area contributed by atoms with Gasteiger partial charge in [0.25, 0.3) is 6.43 Å². The predicted octanol–water partition coefficient (Wildman–Crippen LogP) is 2.69. The van der Waals surface area contributed by atoms with Gasteiger partial charge in [-0.25, -0.2) is 8.78 Å². The van der Waals surface area contributed by atoms with Crippen LogP contribution in [0.25, 0.3) is 0 Å². The molecular formula is C11H14F2O2. The van der Waals surface area contributed by atoms with E-state index < -0.39 is 19.1 Å². The van der Waals surface area contributed by atoms with E-state index in [4.69, 9.17) is 4.74 Å². The van der Waals surface area contributed by atoms with E-state index in [1.54, 1.807) is 25.1 Å². The molecular weight excluding hydrogens is 202 g/mol. The summed E-state index contributed by atoms with van der Waals surface area (Å²) < 4.78 is 28.9. The molecule has 0 fully saturated rings. The highest BCUT2D eigenvalue weighted by atomic mass is 19.3. The van der Waals surface area contributed by atoms with E-state index in [9.17, 15) is 13.9 Å². The Morgan fingerprint density at radius 2 is 2.07 bits per heavy atom. The van der Waals surface area contributed by atoms with Gasteiger partial charge in [-0.2, -0.15) is 0 Å². The molecule has 0 saturated carbocycles. The Morgan fingerprint density at radius 3 is 2.60 bits per heavy atom. The van der Waals surface area contributed by atoms with Crippen LogP contribution < -0.4 is 4.74 Å². The lowest BCUT2D eigenvalue weighted by Crippen LogP contribution is -2.09. The third-order valence-electron chi connectivity index (χ3n) is 1.98. The van der Waals surface area contributed by atoms with E-state index in [1.807, 2.05) is 6.92 Å². The molecule has 2 nitrogen and oxygen atoms in total. The SMILES string of the molecule is Cc1ccc([C@@H](C)O)c(OCC(F)F)c1. The van der Waals surface area contributed by atoms with Crippen LogP contribution in [0.3, 0.4) is 0 Å². The van der Waals surface area contributed by atoms with Gasteiger partial charge >= 0.3 is 0 Å². The first kappa shape index (κ1) is 11.9. The van der Waals surface area contributed by atoms with Gasteiger partial charge in [0.1, 0.15) is 12.4 Å². The normalized spacial score (nSPS) is 12.9. The largest absolute Gasteiger partial charge is 0.487 e. The van der Waals surface area contributed by atoms with E-state index in [0.29, 0.717) is 11.3 Å². The van der Waals surface area contributed by atoms with Crippen molar-refractivity contribution in [3.8, 4) is 5.75 Å². The van der Waals surface area contributed by atoms with Crippen molar-refractivity contribution in [2.45, 2.75) is 26.4 Å². The molecule has 0 aliphatic rings. The van der Waals surface area contributed by atoms with Crippen LogP contribution in [0.5, 0.6) is 5.75 Å². The highest BCUT2D eigenvalue weighted by Crippen LogP contribution is 2.26. The number of halogens is 2. The molecule has 4 heteroatoms. The van der Waals surface area contributed by atoms with Gasteiger partial charge in [0.15, 0.2) is 0 Å². The van der Waals surface area contributed by atoms with Crippen molar-refractivity contribution in [2.24, 2.45) is 0 Å². The quantitative estimate of drug-likeness (QED) is 0.838. The highest BCUT2D eigenvalue weighted by molar-refractivity contribution is 5.38. The average Bonchev–Trinajstić information content (AvgIpc) is 2.14. The molecule has 0 bridgehead atoms. The first-order valence-electron chi connectivity index (χ1n) is 4.70. The van der Waals surface area contributed by atoms with Crippen LogP contribution in [0.4, 0.5) is 8.78 Å². The fraction of sp³-hybridized carbons (Fsp3) is 0.455. The van der Waals surface area contributed by atoms with Crippen LogP contribution in [0, 0.1) is 6.92 Å². The van der Waals surface area contributed by atoms with Gasteiger partial charge in [0, 0.05) is 5.56 Å². The molecule has 1 N–H and O–H groups in total. The summed E-state index contributed by atoms with van der Waals surface area (Å²) in [6.45, 7) is 2.75. The Bertz CT molecular complexity index is 324. The number of benzene rings is 1. The zero-order valence-corrected chi connectivity index (χ0v) is 8.71. The topological polar surface area (TPSA) is 29.5 Å². The maximum atomic E-state index is 12.0. The van der Waals surface area contributed by atoms with Crippen molar-refractivity contribution in [1.82, 2.24) is 0 Å². The standard InChI is InChI=1S/C11H14F2O2/c1-7-3-4-9(8(2)14)10(5-7)15-6-11(12)13/h3-5,8,11,14H,6H2,1-2H3/t8-/m1/s1. The second-order valence-corrected chi connectivity index (χ2v) is 3.42. The number of aliphatic hydroxyl groups is 1. The lowest BCUT2D eigenvalue weighted by atomic mass is 10.1. The highest BCUT2D eigenvalue weighted by Gasteiger charge is 2.11. The number of hydrogen-bond donors (Lipinski definition) is 1. The van der Waals surface area contributed by atoms with Crippen molar-refractivity contribution in [1.29, 1.82) is 0 Å². The molecule has 0 aliphatic heterocycles. The number of alkyl halides is 2. The Balaban J connectivity index is 2.87. The molecule has 0 aromatic heterocycles. The maximum Gasteiger partial charge on any atom is 0.272 e. The monoisotopic (exact) mass is 216 g/mol. The summed E-state index contributed by atoms with van der Waals surface area (Å²) in [6, 6.07) is 5.13. The first-order valence-corrected chi connectivity index (χ1v) is 4.70. The fourth-order valence-electron chi connectivity index (χ4n) is 1.26. The van der Waals surface area contributed by atoms with Crippen LogP contribution in [-0.4, -0.2) is 18.1 Å². The molecule has 1 aromatic carbocycles. The molecule has 0 radical (unpaired) electrons. The molecule has 1 aromatic rings. The van der Waals surface area contributed by atoms with Crippen LogP contribution >= 0.6 is 0 Å². The maximum absolute atomic E-state index is 12.0. The molecule has 1 rings (SSSR count). The average molecular weight is 216 g/mol. The number of aliphatic hydroxyl groups excluding tert-OH is 1. The van der Waals surface area contributed by atoms with Crippen LogP contribution in [0.15, 0.2) is 18.2 Å². The lowest BCUT2D eigenvalue weighted by Gasteiger charge is -2.13. The third-order valence-corrected chi connectivity index (χ3v) is 1.98. The van der Waals surface area contributed by atoms with E-state index in [0.717, 1.165) is 5.56 Å². The van der Waals surface area contributed by atoms with Crippen molar-refractivity contribution in [3.05, 3.63) is 29.3 Å². The number of aryl methyl sites for hydroxylation is 1. The number of ether oxygens (including phenoxy) is 1. The molecule has 0 unspecified atom stereocenters. The summed E-state index contributed by atoms with van der Waals surface area (Å²) >= 11 is 0. The predicted molar refractivity (Wildman–Crippen MR) is 53.3 cm³/mol. The minimum Gasteiger partial charge on any atom is -0.487 e. The molecule has 0 amide bonds. The van der Waals surface area contributed by atoms with Crippen molar-refractivity contribution in [3.63, 3.8) is 0 Å². The Labute approximate surface area is 87.5 Å². The molecule has 0 aliphatic carbocycles. The smallest absolute Gasteiger partial charge is 0.272 e. The first-order chi connectivity index (χ1) is 7.00. The summed E-state index contributed by atoms with van der Waals surface area (Å²) in [5, 5.41) is 9.39. The minimum absolute atomic E-state index is 0.324. The molecule has 0 heterocycles. The Kier molecular flexibility index (Phi) is 4.03. The number of rotatable bonds is 4. The van der Waals surface area contributed by atoms with Gasteiger partial charge in [-0.05, 0) is 25.5 Å². The van der Waals surface area contributed by atoms with Gasteiger partial charge in [-0.3, -0.25) is 0 Å². The second-order valence-electron chi connectivity index (χ2n) is 3.42. The van der Waals surface area contributed by atoms with E-state index in [-0.39, 0.29) is 0 Å². The summed E-state index contributed by atoms with van der Waals surface area (Å²) in [7, 11) is 0. The number of hydrogen-bond acceptors (Lipinski definition) is 2. The molecule has 15 heavy (non-hydrogen) atoms. The molecule has 1 atom stereocenters. The minimum atomic E-state index is -2.51. The zero-order valence-electron chi connectivity index (χ0n) is 8.71. The van der Waals surface area contributed by atoms with E-state index >= 15 is 0 Å². The Morgan fingerprint density at radius 1 is 1.40 bits per heavy atom. The van der Waals surface area contributed by atoms with Crippen molar-refractivity contribution < 1.29 is 18.6 Å². The fourth-order valence-corrected chi connectivity index (χ4v) is 1.26. The van der Waals surface area contributed by atoms with Crippen LogP contribution in [-0.2, 0) is 0 Å². The van der Waals surface area contributed by atoms with Crippen molar-refractivity contribution >= 4 is 0 Å². The lowest BCUT2D eigenvalue weighted by molar-refractivity contribution is 0.0794. The van der Waals surface area contributed by atoms with E-state index in [2.05, 4.69) is 0 Å². The van der Waals surface area contributed by atoms with Crippen molar-refractivity contribution in [2.75, 3.05) is 6.61 Å². The van der Waals surface area contributed by atoms with Crippen LogP contribution in [0.2, 0.25) is 0 Å². The summed E-state index contributed by atoms with van der Waals surface area (Å²) in [5.41, 5.74) is 1.44. The molecule has 0 spiro atoms. The second kappa shape index (κ2) is 5.07. The Hall–Kier alpha value is -1.16. The zero-order chi connectivity index (χ0) is 11.4. The summed E-state index contributed by atoms with van der Waals surface area (Å²) in [4.78, 5) is 0.